The van der Waals surface area contributed by atoms with E-state index in [0.717, 1.165) is 30.3 Å². The molecule has 2 aromatic rings. The number of urea groups is 1. The Labute approximate surface area is 167 Å². The predicted molar refractivity (Wildman–Crippen MR) is 105 cm³/mol. The van der Waals surface area contributed by atoms with Crippen LogP contribution in [0.5, 0.6) is 0 Å². The number of rotatable bonds is 5. The summed E-state index contributed by atoms with van der Waals surface area (Å²) in [7, 11) is 0. The number of hydrogen-bond acceptors (Lipinski definition) is 6. The third-order valence-corrected chi connectivity index (χ3v) is 5.08. The van der Waals surface area contributed by atoms with Crippen LogP contribution in [0.2, 0.25) is 0 Å². The minimum absolute atomic E-state index is 0.0337. The van der Waals surface area contributed by atoms with Gasteiger partial charge in [-0.1, -0.05) is 31.9 Å². The van der Waals surface area contributed by atoms with Crippen LogP contribution in [0.4, 0.5) is 4.79 Å². The maximum Gasteiger partial charge on any atom is 0.326 e. The van der Waals surface area contributed by atoms with E-state index in [2.05, 4.69) is 22.5 Å². The molecular weight excluding hydrogens is 376 g/mol. The summed E-state index contributed by atoms with van der Waals surface area (Å²) in [6.07, 6.45) is 5.37. The van der Waals surface area contributed by atoms with Gasteiger partial charge in [0.25, 0.3) is 11.5 Å². The number of esters is 1. The zero-order chi connectivity index (χ0) is 20.8. The Morgan fingerprint density at radius 3 is 2.76 bits per heavy atom. The van der Waals surface area contributed by atoms with Crippen LogP contribution in [0, 0.1) is 5.92 Å². The molecule has 1 heterocycles. The number of ether oxygens (including phenoxy) is 1. The van der Waals surface area contributed by atoms with Crippen LogP contribution in [0.25, 0.3) is 10.9 Å². The van der Waals surface area contributed by atoms with Crippen LogP contribution >= 0.6 is 0 Å². The zero-order valence-electron chi connectivity index (χ0n) is 16.2. The molecule has 1 aliphatic rings. The molecule has 0 radical (unpaired) electrons. The van der Waals surface area contributed by atoms with Crippen molar-refractivity contribution in [1.82, 2.24) is 20.2 Å². The van der Waals surface area contributed by atoms with E-state index in [1.807, 2.05) is 0 Å². The molecule has 9 heteroatoms. The van der Waals surface area contributed by atoms with E-state index in [4.69, 9.17) is 4.74 Å². The van der Waals surface area contributed by atoms with E-state index in [0.29, 0.717) is 16.8 Å². The first-order valence-electron chi connectivity index (χ1n) is 9.64. The molecule has 0 aliphatic heterocycles. The van der Waals surface area contributed by atoms with Gasteiger partial charge in [-0.05, 0) is 30.9 Å². The number of carbonyl (C=O) groups is 3. The highest BCUT2D eigenvalue weighted by atomic mass is 16.5. The lowest BCUT2D eigenvalue weighted by Crippen LogP contribution is -2.48. The molecular formula is C20H24N4O5. The van der Waals surface area contributed by atoms with Crippen molar-refractivity contribution in [3.8, 4) is 0 Å². The molecule has 1 aliphatic carbocycles. The number of carbonyl (C=O) groups excluding carboxylic acids is 3. The molecule has 3 amide bonds. The summed E-state index contributed by atoms with van der Waals surface area (Å²) in [5.74, 6) is -1.15. The van der Waals surface area contributed by atoms with E-state index in [1.54, 1.807) is 24.3 Å². The predicted octanol–water partition coefficient (Wildman–Crippen LogP) is 1.34. The normalized spacial score (nSPS) is 18.8. The van der Waals surface area contributed by atoms with Gasteiger partial charge in [0.2, 0.25) is 0 Å². The van der Waals surface area contributed by atoms with Gasteiger partial charge in [0.1, 0.15) is 6.54 Å². The second-order valence-corrected chi connectivity index (χ2v) is 7.25. The summed E-state index contributed by atoms with van der Waals surface area (Å²) in [5.41, 5.74) is 0.151. The van der Waals surface area contributed by atoms with Crippen molar-refractivity contribution in [1.29, 1.82) is 0 Å². The minimum atomic E-state index is -0.777. The Kier molecular flexibility index (Phi) is 6.58. The van der Waals surface area contributed by atoms with Crippen molar-refractivity contribution in [3.63, 3.8) is 0 Å². The van der Waals surface area contributed by atoms with E-state index in [9.17, 15) is 19.2 Å². The largest absolute Gasteiger partial charge is 0.454 e. The summed E-state index contributed by atoms with van der Waals surface area (Å²) in [6.45, 7) is 1.08. The molecule has 0 saturated heterocycles. The van der Waals surface area contributed by atoms with Gasteiger partial charge in [0.15, 0.2) is 6.61 Å². The van der Waals surface area contributed by atoms with Gasteiger partial charge in [0, 0.05) is 6.04 Å². The van der Waals surface area contributed by atoms with Gasteiger partial charge in [-0.3, -0.25) is 24.3 Å². The SMILES string of the molecule is C[C@@H]1CCCC[C@H]1NC(=O)NC(=O)COC(=O)Cn1cnc2ccccc2c1=O. The Morgan fingerprint density at radius 1 is 1.21 bits per heavy atom. The highest BCUT2D eigenvalue weighted by Gasteiger charge is 2.23. The Balaban J connectivity index is 1.46. The van der Waals surface area contributed by atoms with Crippen molar-refractivity contribution in [3.05, 3.63) is 40.9 Å². The average molecular weight is 400 g/mol. The van der Waals surface area contributed by atoms with Gasteiger partial charge in [-0.25, -0.2) is 9.78 Å². The quantitative estimate of drug-likeness (QED) is 0.731. The van der Waals surface area contributed by atoms with Crippen LogP contribution in [0.3, 0.4) is 0 Å². The highest BCUT2D eigenvalue weighted by molar-refractivity contribution is 5.95. The van der Waals surface area contributed by atoms with Crippen LogP contribution < -0.4 is 16.2 Å². The van der Waals surface area contributed by atoms with Crippen LogP contribution in [-0.2, 0) is 20.9 Å². The number of nitrogens with zero attached hydrogens (tertiary/aromatic N) is 2. The Morgan fingerprint density at radius 2 is 1.97 bits per heavy atom. The fraction of sp³-hybridized carbons (Fsp3) is 0.450. The molecule has 0 bridgehead atoms. The van der Waals surface area contributed by atoms with Crippen LogP contribution in [-0.4, -0.2) is 40.1 Å². The first-order chi connectivity index (χ1) is 13.9. The van der Waals surface area contributed by atoms with Gasteiger partial charge in [0.05, 0.1) is 17.2 Å². The van der Waals surface area contributed by atoms with Gasteiger partial charge in [-0.2, -0.15) is 0 Å². The zero-order valence-corrected chi connectivity index (χ0v) is 16.2. The number of para-hydroxylation sites is 1. The molecule has 1 aromatic heterocycles. The lowest BCUT2D eigenvalue weighted by molar-refractivity contribution is -0.148. The van der Waals surface area contributed by atoms with Crippen molar-refractivity contribution in [2.45, 2.75) is 45.2 Å². The number of amides is 3. The number of nitrogens with one attached hydrogen (secondary N) is 2. The molecule has 2 N–H and O–H groups in total. The molecule has 0 unspecified atom stereocenters. The van der Waals surface area contributed by atoms with E-state index < -0.39 is 24.5 Å². The summed E-state index contributed by atoms with van der Waals surface area (Å²) >= 11 is 0. The molecule has 9 nitrogen and oxygen atoms in total. The molecule has 29 heavy (non-hydrogen) atoms. The summed E-state index contributed by atoms with van der Waals surface area (Å²) in [5, 5.41) is 5.33. The van der Waals surface area contributed by atoms with Gasteiger partial charge in [-0.15, -0.1) is 0 Å². The van der Waals surface area contributed by atoms with Crippen LogP contribution in [0.15, 0.2) is 35.4 Å². The second kappa shape index (κ2) is 9.31. The molecule has 0 spiro atoms. The third kappa shape index (κ3) is 5.40. The van der Waals surface area contributed by atoms with Crippen molar-refractivity contribution in [2.75, 3.05) is 6.61 Å². The monoisotopic (exact) mass is 400 g/mol. The highest BCUT2D eigenvalue weighted by Crippen LogP contribution is 2.23. The van der Waals surface area contributed by atoms with E-state index >= 15 is 0 Å². The van der Waals surface area contributed by atoms with Crippen molar-refractivity contribution < 1.29 is 19.1 Å². The Hall–Kier alpha value is -3.23. The summed E-state index contributed by atoms with van der Waals surface area (Å²) < 4.78 is 5.98. The fourth-order valence-corrected chi connectivity index (χ4v) is 3.45. The lowest BCUT2D eigenvalue weighted by atomic mass is 9.86. The second-order valence-electron chi connectivity index (χ2n) is 7.25. The van der Waals surface area contributed by atoms with E-state index in [-0.39, 0.29) is 18.1 Å². The van der Waals surface area contributed by atoms with Crippen molar-refractivity contribution >= 4 is 28.8 Å². The maximum absolute atomic E-state index is 12.3. The fourth-order valence-electron chi connectivity index (χ4n) is 3.45. The first-order valence-corrected chi connectivity index (χ1v) is 9.64. The molecule has 1 fully saturated rings. The third-order valence-electron chi connectivity index (χ3n) is 5.08. The van der Waals surface area contributed by atoms with Crippen LogP contribution in [0.1, 0.15) is 32.6 Å². The topological polar surface area (TPSA) is 119 Å². The molecule has 154 valence electrons. The minimum Gasteiger partial charge on any atom is -0.454 e. The lowest BCUT2D eigenvalue weighted by Gasteiger charge is -2.29. The molecule has 3 rings (SSSR count). The first kappa shape index (κ1) is 20.5. The molecule has 2 atom stereocenters. The summed E-state index contributed by atoms with van der Waals surface area (Å²) in [4.78, 5) is 52.2. The maximum atomic E-state index is 12.3. The average Bonchev–Trinajstić information content (AvgIpc) is 2.70. The molecule has 1 aromatic carbocycles. The molecule has 1 saturated carbocycles. The standard InChI is InChI=1S/C20H24N4O5/c1-13-6-2-4-8-15(13)22-20(28)23-17(25)11-29-18(26)10-24-12-21-16-9-5-3-7-14(16)19(24)27/h3,5,7,9,12-13,15H,2,4,6,8,10-11H2,1H3,(H2,22,23,25,28)/t13-,15-/m1/s1. The Bertz CT molecular complexity index is 971. The number of hydrogen-bond donors (Lipinski definition) is 2. The number of fused-ring (bicyclic) bond motifs is 1. The summed E-state index contributed by atoms with van der Waals surface area (Å²) in [6, 6.07) is 6.22. The van der Waals surface area contributed by atoms with Gasteiger partial charge >= 0.3 is 12.0 Å². The van der Waals surface area contributed by atoms with E-state index in [1.165, 1.54) is 6.33 Å². The van der Waals surface area contributed by atoms with Crippen molar-refractivity contribution in [2.24, 2.45) is 5.92 Å². The number of aromatic nitrogens is 2. The number of benzene rings is 1. The van der Waals surface area contributed by atoms with Gasteiger partial charge < -0.3 is 10.1 Å². The smallest absolute Gasteiger partial charge is 0.326 e. The number of imide groups is 1.